The molecule has 19 heavy (non-hydrogen) atoms. The number of carbonyl (C=O) groups excluding carboxylic acids is 1. The monoisotopic (exact) mass is 258 g/mol. The maximum atomic E-state index is 13.0. The zero-order valence-corrected chi connectivity index (χ0v) is 10.6. The number of carbonyl (C=O) groups is 1. The fourth-order valence-corrected chi connectivity index (χ4v) is 2.00. The van der Waals surface area contributed by atoms with E-state index in [4.69, 9.17) is 5.73 Å². The number of nitrogens with zero attached hydrogens (tertiary/aromatic N) is 1. The first-order valence-electron chi connectivity index (χ1n) is 5.92. The average Bonchev–Trinajstić information content (AvgIpc) is 2.39. The Kier molecular flexibility index (Phi) is 3.80. The highest BCUT2D eigenvalue weighted by molar-refractivity contribution is 5.84. The minimum Gasteiger partial charge on any atom is -0.368 e. The van der Waals surface area contributed by atoms with Crippen molar-refractivity contribution in [1.29, 1.82) is 0 Å². The van der Waals surface area contributed by atoms with E-state index in [2.05, 4.69) is 0 Å². The van der Waals surface area contributed by atoms with Crippen LogP contribution in [0.5, 0.6) is 0 Å². The van der Waals surface area contributed by atoms with E-state index in [1.54, 1.807) is 24.1 Å². The Morgan fingerprint density at radius 2 is 1.79 bits per heavy atom. The van der Waals surface area contributed by atoms with Gasteiger partial charge in [-0.05, 0) is 23.8 Å². The van der Waals surface area contributed by atoms with E-state index in [9.17, 15) is 9.18 Å². The molecule has 0 aliphatic carbocycles. The molecule has 0 unspecified atom stereocenters. The van der Waals surface area contributed by atoms with Crippen molar-refractivity contribution in [2.24, 2.45) is 5.73 Å². The van der Waals surface area contributed by atoms with Crippen molar-refractivity contribution in [2.45, 2.75) is 0 Å². The number of hydrogen-bond donors (Lipinski definition) is 1. The van der Waals surface area contributed by atoms with Crippen molar-refractivity contribution in [3.05, 3.63) is 54.3 Å². The van der Waals surface area contributed by atoms with Crippen LogP contribution in [-0.2, 0) is 4.79 Å². The number of hydrogen-bond acceptors (Lipinski definition) is 2. The predicted molar refractivity (Wildman–Crippen MR) is 74.3 cm³/mol. The van der Waals surface area contributed by atoms with Gasteiger partial charge in [0.05, 0.1) is 6.54 Å². The second-order valence-electron chi connectivity index (χ2n) is 4.35. The van der Waals surface area contributed by atoms with Crippen molar-refractivity contribution in [2.75, 3.05) is 18.5 Å². The number of halogens is 1. The number of nitrogens with two attached hydrogens (primary N) is 1. The quantitative estimate of drug-likeness (QED) is 0.915. The maximum Gasteiger partial charge on any atom is 0.236 e. The summed E-state index contributed by atoms with van der Waals surface area (Å²) in [5, 5.41) is 0. The second-order valence-corrected chi connectivity index (χ2v) is 4.35. The van der Waals surface area contributed by atoms with E-state index >= 15 is 0 Å². The molecule has 0 aliphatic heterocycles. The van der Waals surface area contributed by atoms with Crippen molar-refractivity contribution in [3.8, 4) is 11.1 Å². The molecule has 2 aromatic rings. The van der Waals surface area contributed by atoms with Gasteiger partial charge in [0.25, 0.3) is 0 Å². The SMILES string of the molecule is CN(CC(N)=O)c1ccccc1-c1ccc(F)cc1. The highest BCUT2D eigenvalue weighted by Crippen LogP contribution is 2.29. The van der Waals surface area contributed by atoms with Crippen LogP contribution in [0.3, 0.4) is 0 Å². The van der Waals surface area contributed by atoms with Gasteiger partial charge in [-0.3, -0.25) is 4.79 Å². The standard InChI is InChI=1S/C15H15FN2O/c1-18(10-15(17)19)14-5-3-2-4-13(14)11-6-8-12(16)9-7-11/h2-9H,10H2,1H3,(H2,17,19). The van der Waals surface area contributed by atoms with E-state index in [-0.39, 0.29) is 12.4 Å². The van der Waals surface area contributed by atoms with Gasteiger partial charge in [0, 0.05) is 18.3 Å². The van der Waals surface area contributed by atoms with E-state index in [1.807, 2.05) is 24.3 Å². The van der Waals surface area contributed by atoms with Gasteiger partial charge in [0.1, 0.15) is 5.82 Å². The van der Waals surface area contributed by atoms with Gasteiger partial charge in [0.15, 0.2) is 0 Å². The summed E-state index contributed by atoms with van der Waals surface area (Å²) in [4.78, 5) is 12.8. The molecule has 98 valence electrons. The zero-order chi connectivity index (χ0) is 13.8. The van der Waals surface area contributed by atoms with Crippen molar-refractivity contribution in [1.82, 2.24) is 0 Å². The molecule has 0 spiro atoms. The number of primary amides is 1. The van der Waals surface area contributed by atoms with Crippen molar-refractivity contribution < 1.29 is 9.18 Å². The van der Waals surface area contributed by atoms with Crippen LogP contribution in [0, 0.1) is 5.82 Å². The van der Waals surface area contributed by atoms with Gasteiger partial charge in [-0.15, -0.1) is 0 Å². The summed E-state index contributed by atoms with van der Waals surface area (Å²) in [5.41, 5.74) is 7.92. The molecule has 0 saturated carbocycles. The fourth-order valence-electron chi connectivity index (χ4n) is 2.00. The number of anilines is 1. The summed E-state index contributed by atoms with van der Waals surface area (Å²) in [6.07, 6.45) is 0. The first-order valence-corrected chi connectivity index (χ1v) is 5.92. The number of benzene rings is 2. The lowest BCUT2D eigenvalue weighted by Gasteiger charge is -2.21. The maximum absolute atomic E-state index is 13.0. The lowest BCUT2D eigenvalue weighted by Crippen LogP contribution is -2.30. The molecule has 0 saturated heterocycles. The molecule has 3 nitrogen and oxygen atoms in total. The van der Waals surface area contributed by atoms with Crippen LogP contribution in [0.15, 0.2) is 48.5 Å². The average molecular weight is 258 g/mol. The number of likely N-dealkylation sites (N-methyl/N-ethyl adjacent to an activating group) is 1. The largest absolute Gasteiger partial charge is 0.368 e. The molecule has 0 aliphatic rings. The molecule has 2 rings (SSSR count). The van der Waals surface area contributed by atoms with E-state index in [0.717, 1.165) is 16.8 Å². The van der Waals surface area contributed by atoms with Crippen LogP contribution >= 0.6 is 0 Å². The Labute approximate surface area is 111 Å². The Balaban J connectivity index is 2.40. The minimum absolute atomic E-state index is 0.137. The lowest BCUT2D eigenvalue weighted by atomic mass is 10.0. The van der Waals surface area contributed by atoms with Gasteiger partial charge < -0.3 is 10.6 Å². The summed E-state index contributed by atoms with van der Waals surface area (Å²) in [6.45, 7) is 0.137. The molecular formula is C15H15FN2O. The third kappa shape index (κ3) is 3.10. The van der Waals surface area contributed by atoms with Gasteiger partial charge in [0.2, 0.25) is 5.91 Å². The summed E-state index contributed by atoms with van der Waals surface area (Å²) < 4.78 is 13.0. The lowest BCUT2D eigenvalue weighted by molar-refractivity contribution is -0.116. The highest BCUT2D eigenvalue weighted by atomic mass is 19.1. The normalized spacial score (nSPS) is 10.2. The topological polar surface area (TPSA) is 46.3 Å². The third-order valence-corrected chi connectivity index (χ3v) is 2.86. The number of para-hydroxylation sites is 1. The fraction of sp³-hybridized carbons (Fsp3) is 0.133. The highest BCUT2D eigenvalue weighted by Gasteiger charge is 2.10. The molecule has 4 heteroatoms. The molecule has 2 N–H and O–H groups in total. The smallest absolute Gasteiger partial charge is 0.236 e. The molecule has 0 heterocycles. The first-order chi connectivity index (χ1) is 9.08. The number of rotatable bonds is 4. The Bertz CT molecular complexity index is 581. The molecule has 2 aromatic carbocycles. The molecular weight excluding hydrogens is 243 g/mol. The zero-order valence-electron chi connectivity index (χ0n) is 10.6. The van der Waals surface area contributed by atoms with Crippen LogP contribution in [-0.4, -0.2) is 19.5 Å². The Morgan fingerprint density at radius 3 is 2.42 bits per heavy atom. The summed E-state index contributed by atoms with van der Waals surface area (Å²) in [7, 11) is 1.80. The van der Waals surface area contributed by atoms with Crippen LogP contribution < -0.4 is 10.6 Å². The van der Waals surface area contributed by atoms with Crippen molar-refractivity contribution in [3.63, 3.8) is 0 Å². The van der Waals surface area contributed by atoms with Gasteiger partial charge in [-0.1, -0.05) is 30.3 Å². The molecule has 0 atom stereocenters. The molecule has 0 aromatic heterocycles. The third-order valence-electron chi connectivity index (χ3n) is 2.86. The van der Waals surface area contributed by atoms with E-state index in [0.29, 0.717) is 0 Å². The molecule has 0 radical (unpaired) electrons. The minimum atomic E-state index is -0.392. The van der Waals surface area contributed by atoms with Gasteiger partial charge in [-0.2, -0.15) is 0 Å². The summed E-state index contributed by atoms with van der Waals surface area (Å²) in [6, 6.07) is 13.9. The summed E-state index contributed by atoms with van der Waals surface area (Å²) in [5.74, 6) is -0.664. The van der Waals surface area contributed by atoms with Crippen molar-refractivity contribution >= 4 is 11.6 Å². The predicted octanol–water partition coefficient (Wildman–Crippen LogP) is 2.41. The Hall–Kier alpha value is -2.36. The van der Waals surface area contributed by atoms with Gasteiger partial charge in [-0.25, -0.2) is 4.39 Å². The molecule has 1 amide bonds. The van der Waals surface area contributed by atoms with Crippen LogP contribution in [0.2, 0.25) is 0 Å². The van der Waals surface area contributed by atoms with Crippen LogP contribution in [0.25, 0.3) is 11.1 Å². The first kappa shape index (κ1) is 13.1. The van der Waals surface area contributed by atoms with E-state index < -0.39 is 5.91 Å². The molecule has 0 fully saturated rings. The second kappa shape index (κ2) is 5.52. The van der Waals surface area contributed by atoms with Crippen LogP contribution in [0.1, 0.15) is 0 Å². The number of amides is 1. The Morgan fingerprint density at radius 1 is 1.16 bits per heavy atom. The van der Waals surface area contributed by atoms with E-state index in [1.165, 1.54) is 12.1 Å². The summed E-state index contributed by atoms with van der Waals surface area (Å²) >= 11 is 0. The van der Waals surface area contributed by atoms with Crippen LogP contribution in [0.4, 0.5) is 10.1 Å². The molecule has 0 bridgehead atoms. The van der Waals surface area contributed by atoms with Gasteiger partial charge >= 0.3 is 0 Å².